The molecular formula is C13H21N3O. The number of aromatic nitrogens is 1. The van der Waals surface area contributed by atoms with Crippen LogP contribution in [-0.2, 0) is 6.54 Å². The van der Waals surface area contributed by atoms with Crippen LogP contribution in [0.4, 0.5) is 0 Å². The Bertz CT molecular complexity index is 361. The van der Waals surface area contributed by atoms with E-state index in [-0.39, 0.29) is 5.54 Å². The van der Waals surface area contributed by atoms with Gasteiger partial charge in [0, 0.05) is 44.0 Å². The van der Waals surface area contributed by atoms with E-state index < -0.39 is 0 Å². The summed E-state index contributed by atoms with van der Waals surface area (Å²) in [5.41, 5.74) is 1.44. The molecule has 0 spiro atoms. The second-order valence-corrected chi connectivity index (χ2v) is 5.12. The van der Waals surface area contributed by atoms with Crippen LogP contribution >= 0.6 is 0 Å². The number of methoxy groups -OCH3 is 1. The first-order chi connectivity index (χ1) is 8.12. The first-order valence-electron chi connectivity index (χ1n) is 6.06. The van der Waals surface area contributed by atoms with Gasteiger partial charge in [0.1, 0.15) is 0 Å². The van der Waals surface area contributed by atoms with Crippen molar-refractivity contribution in [2.24, 2.45) is 0 Å². The lowest BCUT2D eigenvalue weighted by Gasteiger charge is -2.42. The standard InChI is InChI=1S/C13H21N3O/c1-13(2)10-14-6-7-16(13)9-11-4-5-12(17-3)15-8-11/h4-5,8,14H,6-7,9-10H2,1-3H3. The fourth-order valence-electron chi connectivity index (χ4n) is 2.16. The van der Waals surface area contributed by atoms with E-state index in [1.165, 1.54) is 5.56 Å². The maximum Gasteiger partial charge on any atom is 0.212 e. The van der Waals surface area contributed by atoms with Gasteiger partial charge in [0.15, 0.2) is 0 Å². The third-order valence-corrected chi connectivity index (χ3v) is 3.35. The van der Waals surface area contributed by atoms with Crippen molar-refractivity contribution >= 4 is 0 Å². The highest BCUT2D eigenvalue weighted by Crippen LogP contribution is 2.19. The minimum absolute atomic E-state index is 0.207. The van der Waals surface area contributed by atoms with Crippen molar-refractivity contribution in [3.05, 3.63) is 23.9 Å². The van der Waals surface area contributed by atoms with Crippen LogP contribution < -0.4 is 10.1 Å². The van der Waals surface area contributed by atoms with Crippen molar-refractivity contribution in [1.82, 2.24) is 15.2 Å². The minimum atomic E-state index is 0.207. The van der Waals surface area contributed by atoms with E-state index in [2.05, 4.69) is 35.1 Å². The summed E-state index contributed by atoms with van der Waals surface area (Å²) in [6.07, 6.45) is 1.90. The van der Waals surface area contributed by atoms with Crippen LogP contribution in [0.2, 0.25) is 0 Å². The van der Waals surface area contributed by atoms with Crippen LogP contribution in [0.5, 0.6) is 5.88 Å². The van der Waals surface area contributed by atoms with E-state index in [9.17, 15) is 0 Å². The van der Waals surface area contributed by atoms with E-state index >= 15 is 0 Å². The number of nitrogens with one attached hydrogen (secondary N) is 1. The average Bonchev–Trinajstić information content (AvgIpc) is 2.33. The molecule has 1 N–H and O–H groups in total. The van der Waals surface area contributed by atoms with Crippen LogP contribution in [0.1, 0.15) is 19.4 Å². The molecule has 1 fully saturated rings. The van der Waals surface area contributed by atoms with Gasteiger partial charge in [-0.15, -0.1) is 0 Å². The Hall–Kier alpha value is -1.13. The van der Waals surface area contributed by atoms with E-state index in [1.807, 2.05) is 12.3 Å². The van der Waals surface area contributed by atoms with Gasteiger partial charge in [-0.2, -0.15) is 0 Å². The van der Waals surface area contributed by atoms with Crippen LogP contribution in [0, 0.1) is 0 Å². The van der Waals surface area contributed by atoms with Gasteiger partial charge >= 0.3 is 0 Å². The highest BCUT2D eigenvalue weighted by molar-refractivity contribution is 5.18. The molecule has 1 aliphatic heterocycles. The molecule has 2 rings (SSSR count). The van der Waals surface area contributed by atoms with E-state index in [4.69, 9.17) is 4.74 Å². The number of nitrogens with zero attached hydrogens (tertiary/aromatic N) is 2. The molecule has 0 atom stereocenters. The Morgan fingerprint density at radius 1 is 1.47 bits per heavy atom. The molecule has 1 aromatic rings. The summed E-state index contributed by atoms with van der Waals surface area (Å²) in [7, 11) is 1.64. The summed E-state index contributed by atoms with van der Waals surface area (Å²) < 4.78 is 5.07. The average molecular weight is 235 g/mol. The molecule has 4 heteroatoms. The molecule has 0 bridgehead atoms. The van der Waals surface area contributed by atoms with E-state index in [0.717, 1.165) is 26.2 Å². The van der Waals surface area contributed by atoms with Crippen molar-refractivity contribution < 1.29 is 4.74 Å². The summed E-state index contributed by atoms with van der Waals surface area (Å²) in [4.78, 5) is 6.74. The smallest absolute Gasteiger partial charge is 0.212 e. The van der Waals surface area contributed by atoms with Crippen molar-refractivity contribution in [2.45, 2.75) is 25.9 Å². The Kier molecular flexibility index (Phi) is 3.64. The lowest BCUT2D eigenvalue weighted by molar-refractivity contribution is 0.0826. The fraction of sp³-hybridized carbons (Fsp3) is 0.615. The number of hydrogen-bond donors (Lipinski definition) is 1. The molecule has 1 saturated heterocycles. The zero-order valence-electron chi connectivity index (χ0n) is 10.9. The topological polar surface area (TPSA) is 37.4 Å². The van der Waals surface area contributed by atoms with Crippen molar-refractivity contribution in [3.8, 4) is 5.88 Å². The lowest BCUT2D eigenvalue weighted by atomic mass is 9.99. The van der Waals surface area contributed by atoms with Crippen LogP contribution in [0.25, 0.3) is 0 Å². The predicted octanol–water partition coefficient (Wildman–Crippen LogP) is 1.27. The molecule has 94 valence electrons. The minimum Gasteiger partial charge on any atom is -0.481 e. The second-order valence-electron chi connectivity index (χ2n) is 5.12. The summed E-state index contributed by atoms with van der Waals surface area (Å²) in [5, 5.41) is 3.43. The summed E-state index contributed by atoms with van der Waals surface area (Å²) in [5.74, 6) is 0.674. The molecule has 0 radical (unpaired) electrons. The van der Waals surface area contributed by atoms with Gasteiger partial charge in [0.25, 0.3) is 0 Å². The zero-order valence-corrected chi connectivity index (χ0v) is 10.9. The number of pyridine rings is 1. The molecule has 0 saturated carbocycles. The lowest BCUT2D eigenvalue weighted by Crippen LogP contribution is -2.57. The van der Waals surface area contributed by atoms with Gasteiger partial charge in [-0.1, -0.05) is 6.07 Å². The van der Waals surface area contributed by atoms with Gasteiger partial charge < -0.3 is 10.1 Å². The van der Waals surface area contributed by atoms with Crippen molar-refractivity contribution in [3.63, 3.8) is 0 Å². The highest BCUT2D eigenvalue weighted by Gasteiger charge is 2.29. The molecule has 0 aromatic carbocycles. The van der Waals surface area contributed by atoms with Crippen LogP contribution in [-0.4, -0.2) is 42.2 Å². The number of ether oxygens (including phenoxy) is 1. The monoisotopic (exact) mass is 235 g/mol. The second kappa shape index (κ2) is 5.02. The predicted molar refractivity (Wildman–Crippen MR) is 68.1 cm³/mol. The Labute approximate surface area is 103 Å². The SMILES string of the molecule is COc1ccc(CN2CCNCC2(C)C)cn1. The van der Waals surface area contributed by atoms with E-state index in [1.54, 1.807) is 7.11 Å². The van der Waals surface area contributed by atoms with Crippen LogP contribution in [0.15, 0.2) is 18.3 Å². The third-order valence-electron chi connectivity index (χ3n) is 3.35. The molecule has 1 aromatic heterocycles. The summed E-state index contributed by atoms with van der Waals surface area (Å²) >= 11 is 0. The van der Waals surface area contributed by atoms with Crippen LogP contribution in [0.3, 0.4) is 0 Å². The Morgan fingerprint density at radius 3 is 2.88 bits per heavy atom. The Morgan fingerprint density at radius 2 is 2.29 bits per heavy atom. The first kappa shape index (κ1) is 12.3. The number of hydrogen-bond acceptors (Lipinski definition) is 4. The number of piperazine rings is 1. The zero-order chi connectivity index (χ0) is 12.3. The highest BCUT2D eigenvalue weighted by atomic mass is 16.5. The third kappa shape index (κ3) is 2.96. The van der Waals surface area contributed by atoms with Crippen molar-refractivity contribution in [1.29, 1.82) is 0 Å². The molecule has 2 heterocycles. The summed E-state index contributed by atoms with van der Waals surface area (Å²) in [6.45, 7) is 8.68. The van der Waals surface area contributed by atoms with E-state index in [0.29, 0.717) is 5.88 Å². The van der Waals surface area contributed by atoms with Gasteiger partial charge in [0.05, 0.1) is 7.11 Å². The summed E-state index contributed by atoms with van der Waals surface area (Å²) in [6, 6.07) is 4.01. The van der Waals surface area contributed by atoms with Gasteiger partial charge in [-0.05, 0) is 19.4 Å². The molecule has 17 heavy (non-hydrogen) atoms. The van der Waals surface area contributed by atoms with Gasteiger partial charge in [-0.25, -0.2) is 4.98 Å². The normalized spacial score (nSPS) is 20.2. The van der Waals surface area contributed by atoms with Gasteiger partial charge in [0.2, 0.25) is 5.88 Å². The maximum absolute atomic E-state index is 5.07. The maximum atomic E-state index is 5.07. The molecular weight excluding hydrogens is 214 g/mol. The molecule has 0 aliphatic carbocycles. The Balaban J connectivity index is 2.03. The van der Waals surface area contributed by atoms with Crippen molar-refractivity contribution in [2.75, 3.05) is 26.7 Å². The first-order valence-corrected chi connectivity index (χ1v) is 6.06. The molecule has 0 unspecified atom stereocenters. The molecule has 1 aliphatic rings. The number of rotatable bonds is 3. The largest absolute Gasteiger partial charge is 0.481 e. The molecule has 4 nitrogen and oxygen atoms in total. The fourth-order valence-corrected chi connectivity index (χ4v) is 2.16. The molecule has 0 amide bonds. The van der Waals surface area contributed by atoms with Gasteiger partial charge in [-0.3, -0.25) is 4.90 Å². The quantitative estimate of drug-likeness (QED) is 0.856.